The van der Waals surface area contributed by atoms with Crippen LogP contribution in [0.5, 0.6) is 0 Å². The van der Waals surface area contributed by atoms with Crippen LogP contribution in [-0.2, 0) is 14.3 Å². The number of esters is 1. The van der Waals surface area contributed by atoms with Gasteiger partial charge in [-0.3, -0.25) is 4.79 Å². The molecule has 0 saturated carbocycles. The Bertz CT molecular complexity index is 1080. The summed E-state index contributed by atoms with van der Waals surface area (Å²) in [5.41, 5.74) is 1.44. The Morgan fingerprint density at radius 3 is 2.57 bits per heavy atom. The smallest absolute Gasteiger partial charge is 0.348 e. The molecule has 0 aliphatic carbocycles. The Morgan fingerprint density at radius 2 is 1.90 bits per heavy atom. The van der Waals surface area contributed by atoms with Crippen LogP contribution in [0.3, 0.4) is 0 Å². The van der Waals surface area contributed by atoms with Gasteiger partial charge in [0.2, 0.25) is 0 Å². The molecule has 3 heterocycles. The van der Waals surface area contributed by atoms with Crippen LogP contribution in [0.15, 0.2) is 30.3 Å². The van der Waals surface area contributed by atoms with E-state index in [9.17, 15) is 14.0 Å². The third-order valence-corrected chi connectivity index (χ3v) is 6.01. The molecule has 1 fully saturated rings. The molecule has 1 aliphatic heterocycles. The quantitative estimate of drug-likeness (QED) is 0.593. The number of fused-ring (bicyclic) bond motifs is 1. The van der Waals surface area contributed by atoms with Gasteiger partial charge in [0.15, 0.2) is 6.61 Å². The first-order valence-electron chi connectivity index (χ1n) is 9.67. The van der Waals surface area contributed by atoms with Crippen molar-refractivity contribution >= 4 is 33.4 Å². The van der Waals surface area contributed by atoms with Gasteiger partial charge in [0, 0.05) is 18.5 Å². The summed E-state index contributed by atoms with van der Waals surface area (Å²) in [4.78, 5) is 27.8. The number of rotatable bonds is 4. The summed E-state index contributed by atoms with van der Waals surface area (Å²) in [5, 5.41) is 5.30. The Balaban J connectivity index is 1.48. The fourth-order valence-corrected chi connectivity index (χ4v) is 4.65. The third-order valence-electron chi connectivity index (χ3n) is 4.92. The second kappa shape index (κ2) is 8.16. The lowest BCUT2D eigenvalue weighted by molar-refractivity contribution is -0.146. The standard InChI is InChI=1S/C21H22FN3O4S/c1-12-9-24(10-13(2)29-12)19(26)11-28-21(27)18-8-17-14(3)23-25(20(17)30-18)16-6-4-15(22)5-7-16/h4-8,12-13H,9-11H2,1-3H3/t12-,13-/m1/s1. The van der Waals surface area contributed by atoms with Gasteiger partial charge in [-0.25, -0.2) is 13.9 Å². The number of carbonyl (C=O) groups excluding carboxylic acids is 2. The molecular formula is C21H22FN3O4S. The molecule has 0 N–H and O–H groups in total. The minimum Gasteiger partial charge on any atom is -0.451 e. The molecule has 1 saturated heterocycles. The highest BCUT2D eigenvalue weighted by atomic mass is 32.1. The Morgan fingerprint density at radius 1 is 1.23 bits per heavy atom. The topological polar surface area (TPSA) is 73.7 Å². The van der Waals surface area contributed by atoms with E-state index in [4.69, 9.17) is 9.47 Å². The van der Waals surface area contributed by atoms with Crippen LogP contribution < -0.4 is 0 Å². The number of thiophene rings is 1. The summed E-state index contributed by atoms with van der Waals surface area (Å²) < 4.78 is 25.8. The molecule has 0 bridgehead atoms. The first-order valence-corrected chi connectivity index (χ1v) is 10.5. The van der Waals surface area contributed by atoms with Crippen molar-refractivity contribution in [3.63, 3.8) is 0 Å². The molecule has 1 amide bonds. The van der Waals surface area contributed by atoms with E-state index in [1.165, 1.54) is 23.5 Å². The second-order valence-electron chi connectivity index (χ2n) is 7.44. The zero-order valence-corrected chi connectivity index (χ0v) is 17.7. The summed E-state index contributed by atoms with van der Waals surface area (Å²) in [7, 11) is 0. The fourth-order valence-electron chi connectivity index (χ4n) is 3.58. The zero-order chi connectivity index (χ0) is 21.4. The molecule has 0 spiro atoms. The van der Waals surface area contributed by atoms with E-state index in [1.54, 1.807) is 27.8 Å². The van der Waals surface area contributed by atoms with Crippen LogP contribution >= 0.6 is 11.3 Å². The molecule has 0 unspecified atom stereocenters. The molecular weight excluding hydrogens is 409 g/mol. The average molecular weight is 431 g/mol. The number of hydrogen-bond acceptors (Lipinski definition) is 6. The van der Waals surface area contributed by atoms with Crippen LogP contribution in [0.1, 0.15) is 29.2 Å². The highest BCUT2D eigenvalue weighted by Crippen LogP contribution is 2.31. The van der Waals surface area contributed by atoms with Crippen LogP contribution in [0.4, 0.5) is 4.39 Å². The molecule has 30 heavy (non-hydrogen) atoms. The van der Waals surface area contributed by atoms with Gasteiger partial charge in [-0.2, -0.15) is 5.10 Å². The van der Waals surface area contributed by atoms with Crippen LogP contribution in [-0.4, -0.2) is 58.5 Å². The first-order chi connectivity index (χ1) is 14.3. The monoisotopic (exact) mass is 431 g/mol. The van der Waals surface area contributed by atoms with Gasteiger partial charge in [0.1, 0.15) is 15.5 Å². The Hall–Kier alpha value is -2.78. The summed E-state index contributed by atoms with van der Waals surface area (Å²) in [6.45, 7) is 6.31. The average Bonchev–Trinajstić information content (AvgIpc) is 3.26. The lowest BCUT2D eigenvalue weighted by atomic mass is 10.2. The van der Waals surface area contributed by atoms with Crippen LogP contribution in [0, 0.1) is 12.7 Å². The van der Waals surface area contributed by atoms with Crippen LogP contribution in [0.2, 0.25) is 0 Å². The number of nitrogens with zero attached hydrogens (tertiary/aromatic N) is 3. The van der Waals surface area contributed by atoms with Crippen molar-refractivity contribution in [2.45, 2.75) is 33.0 Å². The van der Waals surface area contributed by atoms with Gasteiger partial charge in [-0.1, -0.05) is 0 Å². The molecule has 1 aliphatic rings. The number of halogens is 1. The SMILES string of the molecule is Cc1nn(-c2ccc(F)cc2)c2sc(C(=O)OCC(=O)N3C[C@@H](C)O[C@H](C)C3)cc12. The fraction of sp³-hybridized carbons (Fsp3) is 0.381. The molecule has 3 aromatic rings. The molecule has 1 aromatic carbocycles. The molecule has 158 valence electrons. The van der Waals surface area contributed by atoms with Crippen molar-refractivity contribution in [3.05, 3.63) is 46.7 Å². The molecule has 0 radical (unpaired) electrons. The van der Waals surface area contributed by atoms with Gasteiger partial charge >= 0.3 is 5.97 Å². The largest absolute Gasteiger partial charge is 0.451 e. The molecule has 7 nitrogen and oxygen atoms in total. The lowest BCUT2D eigenvalue weighted by Gasteiger charge is -2.35. The second-order valence-corrected chi connectivity index (χ2v) is 8.47. The maximum atomic E-state index is 13.2. The van der Waals surface area contributed by atoms with E-state index in [2.05, 4.69) is 5.10 Å². The van der Waals surface area contributed by atoms with Gasteiger partial charge in [0.05, 0.1) is 23.6 Å². The number of aryl methyl sites for hydroxylation is 1. The summed E-state index contributed by atoms with van der Waals surface area (Å²) in [5.74, 6) is -1.12. The van der Waals surface area contributed by atoms with E-state index in [0.717, 1.165) is 15.9 Å². The maximum absolute atomic E-state index is 13.2. The minimum atomic E-state index is -0.552. The van der Waals surface area contributed by atoms with Crippen molar-refractivity contribution < 1.29 is 23.5 Å². The van der Waals surface area contributed by atoms with Crippen molar-refractivity contribution in [2.24, 2.45) is 0 Å². The van der Waals surface area contributed by atoms with Crippen molar-refractivity contribution in [3.8, 4) is 5.69 Å². The number of carbonyl (C=O) groups is 2. The molecule has 2 aromatic heterocycles. The number of aromatic nitrogens is 2. The van der Waals surface area contributed by atoms with Crippen molar-refractivity contribution in [1.29, 1.82) is 0 Å². The lowest BCUT2D eigenvalue weighted by Crippen LogP contribution is -2.49. The summed E-state index contributed by atoms with van der Waals surface area (Å²) in [6, 6.07) is 7.69. The van der Waals surface area contributed by atoms with E-state index in [0.29, 0.717) is 23.7 Å². The molecule has 9 heteroatoms. The number of hydrogen-bond donors (Lipinski definition) is 0. The van der Waals surface area contributed by atoms with E-state index < -0.39 is 5.97 Å². The zero-order valence-electron chi connectivity index (χ0n) is 16.9. The number of benzene rings is 1. The van der Waals surface area contributed by atoms with E-state index >= 15 is 0 Å². The van der Waals surface area contributed by atoms with Gasteiger partial charge in [0.25, 0.3) is 5.91 Å². The predicted octanol–water partition coefficient (Wildman–Crippen LogP) is 3.33. The Kier molecular flexibility index (Phi) is 5.57. The predicted molar refractivity (Wildman–Crippen MR) is 111 cm³/mol. The van der Waals surface area contributed by atoms with Gasteiger partial charge in [-0.15, -0.1) is 11.3 Å². The van der Waals surface area contributed by atoms with Crippen LogP contribution in [0.25, 0.3) is 15.9 Å². The van der Waals surface area contributed by atoms with Gasteiger partial charge in [-0.05, 0) is 51.1 Å². The highest BCUT2D eigenvalue weighted by molar-refractivity contribution is 7.20. The number of morpholine rings is 1. The van der Waals surface area contributed by atoms with E-state index in [1.807, 2.05) is 20.8 Å². The van der Waals surface area contributed by atoms with Crippen molar-refractivity contribution in [1.82, 2.24) is 14.7 Å². The van der Waals surface area contributed by atoms with E-state index in [-0.39, 0.29) is 30.5 Å². The maximum Gasteiger partial charge on any atom is 0.348 e. The molecule has 2 atom stereocenters. The summed E-state index contributed by atoms with van der Waals surface area (Å²) in [6.07, 6.45) is -0.0956. The summed E-state index contributed by atoms with van der Waals surface area (Å²) >= 11 is 1.23. The normalized spacial score (nSPS) is 19.3. The Labute approximate surface area is 177 Å². The number of ether oxygens (including phenoxy) is 2. The first kappa shape index (κ1) is 20.5. The third kappa shape index (κ3) is 4.08. The molecule has 4 rings (SSSR count). The van der Waals surface area contributed by atoms with Gasteiger partial charge < -0.3 is 14.4 Å². The van der Waals surface area contributed by atoms with Crippen molar-refractivity contribution in [2.75, 3.05) is 19.7 Å². The minimum absolute atomic E-state index is 0.0478. The number of amides is 1. The highest BCUT2D eigenvalue weighted by Gasteiger charge is 2.27.